The zero-order valence-electron chi connectivity index (χ0n) is 10.1. The fourth-order valence-corrected chi connectivity index (χ4v) is 2.38. The van der Waals surface area contributed by atoms with Gasteiger partial charge in [0.25, 0.3) is 0 Å². The van der Waals surface area contributed by atoms with Crippen molar-refractivity contribution in [1.29, 1.82) is 0 Å². The van der Waals surface area contributed by atoms with Crippen molar-refractivity contribution in [3.8, 4) is 0 Å². The van der Waals surface area contributed by atoms with Gasteiger partial charge in [0, 0.05) is 12.6 Å². The van der Waals surface area contributed by atoms with E-state index >= 15 is 0 Å². The molecule has 0 spiro atoms. The Morgan fingerprint density at radius 2 is 2.44 bits per heavy atom. The molecule has 0 saturated carbocycles. The van der Waals surface area contributed by atoms with Crippen LogP contribution in [0.25, 0.3) is 0 Å². The molecule has 1 aliphatic heterocycles. The van der Waals surface area contributed by atoms with Gasteiger partial charge in [0.2, 0.25) is 0 Å². The first-order valence-electron chi connectivity index (χ1n) is 5.95. The van der Waals surface area contributed by atoms with Crippen molar-refractivity contribution in [2.24, 2.45) is 0 Å². The highest BCUT2D eigenvalue weighted by molar-refractivity contribution is 7.99. The normalized spacial score (nSPS) is 21.8. The van der Waals surface area contributed by atoms with E-state index < -0.39 is 0 Å². The summed E-state index contributed by atoms with van der Waals surface area (Å²) < 4.78 is 5.20. The Labute approximate surface area is 102 Å². The van der Waals surface area contributed by atoms with Crippen LogP contribution in [-0.4, -0.2) is 42.8 Å². The number of nitrogens with one attached hydrogen (secondary N) is 2. The molecule has 4 nitrogen and oxygen atoms in total. The van der Waals surface area contributed by atoms with Gasteiger partial charge in [-0.3, -0.25) is 0 Å². The smallest absolute Gasteiger partial charge is 0.315 e. The van der Waals surface area contributed by atoms with Gasteiger partial charge in [-0.1, -0.05) is 6.92 Å². The Bertz CT molecular complexity index is 208. The standard InChI is InChI=1S/C11H22N2O2S/c1-3-16-7-5-9(2)12-11(14)13-10-4-6-15-8-10/h9-10H,3-8H2,1-2H3,(H2,12,13,14). The van der Waals surface area contributed by atoms with Crippen molar-refractivity contribution in [3.63, 3.8) is 0 Å². The van der Waals surface area contributed by atoms with Crippen molar-refractivity contribution < 1.29 is 9.53 Å². The van der Waals surface area contributed by atoms with E-state index in [1.807, 2.05) is 18.7 Å². The van der Waals surface area contributed by atoms with Crippen LogP contribution in [0.1, 0.15) is 26.7 Å². The molecule has 0 aromatic rings. The van der Waals surface area contributed by atoms with Crippen LogP contribution in [0.2, 0.25) is 0 Å². The first kappa shape index (κ1) is 13.6. The number of hydrogen-bond donors (Lipinski definition) is 2. The summed E-state index contributed by atoms with van der Waals surface area (Å²) in [5.41, 5.74) is 0. The van der Waals surface area contributed by atoms with Gasteiger partial charge in [0.15, 0.2) is 0 Å². The lowest BCUT2D eigenvalue weighted by atomic mass is 10.2. The molecule has 2 unspecified atom stereocenters. The second-order valence-corrected chi connectivity index (χ2v) is 5.46. The van der Waals surface area contributed by atoms with Gasteiger partial charge in [-0.25, -0.2) is 4.79 Å². The number of urea groups is 1. The molecule has 1 saturated heterocycles. The molecule has 2 atom stereocenters. The van der Waals surface area contributed by atoms with E-state index in [0.29, 0.717) is 6.61 Å². The molecule has 2 amide bonds. The Morgan fingerprint density at radius 3 is 3.06 bits per heavy atom. The lowest BCUT2D eigenvalue weighted by Gasteiger charge is -2.16. The summed E-state index contributed by atoms with van der Waals surface area (Å²) in [6.45, 7) is 5.59. The highest BCUT2D eigenvalue weighted by Crippen LogP contribution is 2.05. The average Bonchev–Trinajstić information content (AvgIpc) is 2.70. The fraction of sp³-hybridized carbons (Fsp3) is 0.909. The van der Waals surface area contributed by atoms with Crippen LogP contribution in [-0.2, 0) is 4.74 Å². The molecule has 1 rings (SSSR count). The summed E-state index contributed by atoms with van der Waals surface area (Å²) in [5.74, 6) is 2.24. The van der Waals surface area contributed by atoms with Crippen LogP contribution in [0.5, 0.6) is 0 Å². The molecule has 0 radical (unpaired) electrons. The summed E-state index contributed by atoms with van der Waals surface area (Å²) >= 11 is 1.90. The van der Waals surface area contributed by atoms with Crippen molar-refractivity contribution in [2.75, 3.05) is 24.7 Å². The molecule has 94 valence electrons. The van der Waals surface area contributed by atoms with Crippen LogP contribution in [0, 0.1) is 0 Å². The third-order valence-electron chi connectivity index (χ3n) is 2.54. The Morgan fingerprint density at radius 1 is 1.62 bits per heavy atom. The maximum absolute atomic E-state index is 11.6. The van der Waals surface area contributed by atoms with Gasteiger partial charge >= 0.3 is 6.03 Å². The minimum absolute atomic E-state index is 0.0653. The van der Waals surface area contributed by atoms with E-state index in [9.17, 15) is 4.79 Å². The number of carbonyl (C=O) groups is 1. The predicted octanol–water partition coefficient (Wildman–Crippen LogP) is 1.61. The third kappa shape index (κ3) is 5.61. The van der Waals surface area contributed by atoms with Crippen LogP contribution in [0.3, 0.4) is 0 Å². The monoisotopic (exact) mass is 246 g/mol. The van der Waals surface area contributed by atoms with E-state index in [-0.39, 0.29) is 18.1 Å². The molecule has 5 heteroatoms. The van der Waals surface area contributed by atoms with E-state index in [1.54, 1.807) is 0 Å². The average molecular weight is 246 g/mol. The van der Waals surface area contributed by atoms with Crippen molar-refractivity contribution in [2.45, 2.75) is 38.8 Å². The Hall–Kier alpha value is -0.420. The molecular weight excluding hydrogens is 224 g/mol. The van der Waals surface area contributed by atoms with E-state index in [1.165, 1.54) is 0 Å². The lowest BCUT2D eigenvalue weighted by Crippen LogP contribution is -2.45. The molecule has 16 heavy (non-hydrogen) atoms. The Balaban J connectivity index is 2.07. The SMILES string of the molecule is CCSCCC(C)NC(=O)NC1CCOC1. The number of thioether (sulfide) groups is 1. The molecule has 0 aromatic carbocycles. The quantitative estimate of drug-likeness (QED) is 0.700. The highest BCUT2D eigenvalue weighted by atomic mass is 32.2. The van der Waals surface area contributed by atoms with Crippen molar-refractivity contribution in [1.82, 2.24) is 10.6 Å². The van der Waals surface area contributed by atoms with E-state index in [2.05, 4.69) is 17.6 Å². The summed E-state index contributed by atoms with van der Waals surface area (Å²) in [5, 5.41) is 5.87. The summed E-state index contributed by atoms with van der Waals surface area (Å²) in [4.78, 5) is 11.6. The number of hydrogen-bond acceptors (Lipinski definition) is 3. The molecule has 1 heterocycles. The molecular formula is C11H22N2O2S. The Kier molecular flexibility index (Phi) is 6.64. The van der Waals surface area contributed by atoms with Crippen molar-refractivity contribution >= 4 is 17.8 Å². The van der Waals surface area contributed by atoms with Crippen LogP contribution in [0.15, 0.2) is 0 Å². The third-order valence-corrected chi connectivity index (χ3v) is 3.47. The first-order chi connectivity index (χ1) is 7.72. The maximum atomic E-state index is 11.6. The minimum atomic E-state index is -0.0653. The van der Waals surface area contributed by atoms with Crippen LogP contribution >= 0.6 is 11.8 Å². The molecule has 1 aliphatic rings. The van der Waals surface area contributed by atoms with Gasteiger partial charge in [-0.15, -0.1) is 0 Å². The van der Waals surface area contributed by atoms with Crippen molar-refractivity contribution in [3.05, 3.63) is 0 Å². The first-order valence-corrected chi connectivity index (χ1v) is 7.10. The van der Waals surface area contributed by atoms with Gasteiger partial charge in [0.1, 0.15) is 0 Å². The van der Waals surface area contributed by atoms with Crippen LogP contribution < -0.4 is 10.6 Å². The zero-order chi connectivity index (χ0) is 11.8. The van der Waals surface area contributed by atoms with E-state index in [0.717, 1.165) is 31.0 Å². The second kappa shape index (κ2) is 7.79. The highest BCUT2D eigenvalue weighted by Gasteiger charge is 2.18. The summed E-state index contributed by atoms with van der Waals surface area (Å²) in [6, 6.07) is 0.364. The molecule has 0 aliphatic carbocycles. The summed E-state index contributed by atoms with van der Waals surface area (Å²) in [6.07, 6.45) is 1.95. The number of rotatable bonds is 6. The molecule has 2 N–H and O–H groups in total. The number of amides is 2. The largest absolute Gasteiger partial charge is 0.379 e. The molecule has 1 fully saturated rings. The topological polar surface area (TPSA) is 50.4 Å². The summed E-state index contributed by atoms with van der Waals surface area (Å²) in [7, 11) is 0. The molecule has 0 bridgehead atoms. The van der Waals surface area contributed by atoms with Gasteiger partial charge in [-0.05, 0) is 31.3 Å². The second-order valence-electron chi connectivity index (χ2n) is 4.06. The number of ether oxygens (including phenoxy) is 1. The lowest BCUT2D eigenvalue weighted by molar-refractivity contribution is 0.188. The maximum Gasteiger partial charge on any atom is 0.315 e. The predicted molar refractivity (Wildman–Crippen MR) is 68.0 cm³/mol. The fourth-order valence-electron chi connectivity index (χ4n) is 1.58. The van der Waals surface area contributed by atoms with Crippen LogP contribution in [0.4, 0.5) is 4.79 Å². The van der Waals surface area contributed by atoms with E-state index in [4.69, 9.17) is 4.74 Å². The zero-order valence-corrected chi connectivity index (χ0v) is 10.9. The molecule has 0 aromatic heterocycles. The number of carbonyl (C=O) groups excluding carboxylic acids is 1. The van der Waals surface area contributed by atoms with Gasteiger partial charge < -0.3 is 15.4 Å². The minimum Gasteiger partial charge on any atom is -0.379 e. The van der Waals surface area contributed by atoms with Gasteiger partial charge in [-0.2, -0.15) is 11.8 Å². The van der Waals surface area contributed by atoms with Gasteiger partial charge in [0.05, 0.1) is 12.6 Å².